The first-order valence-electron chi connectivity index (χ1n) is 7.31. The number of carbonyl (C=O) groups excluding carboxylic acids is 1. The van der Waals surface area contributed by atoms with Gasteiger partial charge in [-0.3, -0.25) is 9.59 Å². The van der Waals surface area contributed by atoms with Crippen LogP contribution in [0.2, 0.25) is 0 Å². The van der Waals surface area contributed by atoms with Gasteiger partial charge in [0.15, 0.2) is 0 Å². The van der Waals surface area contributed by atoms with Crippen LogP contribution < -0.4 is 10.1 Å². The summed E-state index contributed by atoms with van der Waals surface area (Å²) in [7, 11) is 0. The Kier molecular flexibility index (Phi) is 5.45. The summed E-state index contributed by atoms with van der Waals surface area (Å²) >= 11 is 3.38. The second kappa shape index (κ2) is 7.13. The van der Waals surface area contributed by atoms with Crippen molar-refractivity contribution in [3.05, 3.63) is 28.2 Å². The van der Waals surface area contributed by atoms with Gasteiger partial charge in [-0.05, 0) is 30.5 Å². The summed E-state index contributed by atoms with van der Waals surface area (Å²) in [4.78, 5) is 23.6. The molecule has 0 bridgehead atoms. The summed E-state index contributed by atoms with van der Waals surface area (Å²) < 4.78 is 6.39. The van der Waals surface area contributed by atoms with Gasteiger partial charge < -0.3 is 15.2 Å². The Balaban J connectivity index is 1.99. The number of benzene rings is 1. The second-order valence-electron chi connectivity index (χ2n) is 5.96. The Morgan fingerprint density at radius 1 is 1.45 bits per heavy atom. The molecule has 0 aliphatic carbocycles. The topological polar surface area (TPSA) is 75.6 Å². The standard InChI is InChI=1S/C16H20BrNO4/c1-9(2)5-10(16(20)21)7-18-15(19)13-8-22-14-4-3-11(17)6-12(13)14/h3-4,6,9-10,13H,5,7-8H2,1-2H3,(H,18,19)(H,20,21). The molecule has 6 heteroatoms. The largest absolute Gasteiger partial charge is 0.492 e. The van der Waals surface area contributed by atoms with Crippen molar-refractivity contribution in [2.45, 2.75) is 26.2 Å². The van der Waals surface area contributed by atoms with Crippen LogP contribution in [-0.2, 0) is 9.59 Å². The van der Waals surface area contributed by atoms with Gasteiger partial charge in [-0.2, -0.15) is 0 Å². The van der Waals surface area contributed by atoms with Gasteiger partial charge in [-0.1, -0.05) is 29.8 Å². The number of hydrogen-bond acceptors (Lipinski definition) is 3. The molecule has 1 heterocycles. The molecule has 2 rings (SSSR count). The van der Waals surface area contributed by atoms with E-state index < -0.39 is 11.9 Å². The molecule has 1 aromatic carbocycles. The van der Waals surface area contributed by atoms with Crippen LogP contribution >= 0.6 is 15.9 Å². The van der Waals surface area contributed by atoms with E-state index in [0.29, 0.717) is 18.8 Å². The van der Waals surface area contributed by atoms with Gasteiger partial charge in [0.1, 0.15) is 18.3 Å². The number of fused-ring (bicyclic) bond motifs is 1. The Hall–Kier alpha value is -1.56. The Bertz CT molecular complexity index is 573. The Morgan fingerprint density at radius 2 is 2.18 bits per heavy atom. The summed E-state index contributed by atoms with van der Waals surface area (Å²) in [5.41, 5.74) is 0.836. The SMILES string of the molecule is CC(C)CC(CNC(=O)C1COc2ccc(Br)cc21)C(=O)O. The predicted octanol–water partition coefficient (Wildman–Crippen LogP) is 2.79. The maximum absolute atomic E-state index is 12.3. The number of carbonyl (C=O) groups is 2. The van der Waals surface area contributed by atoms with Crippen molar-refractivity contribution >= 4 is 27.8 Å². The van der Waals surface area contributed by atoms with E-state index in [9.17, 15) is 14.7 Å². The highest BCUT2D eigenvalue weighted by Crippen LogP contribution is 2.35. The van der Waals surface area contributed by atoms with Crippen LogP contribution in [0.5, 0.6) is 5.75 Å². The molecular formula is C16H20BrNO4. The van der Waals surface area contributed by atoms with E-state index in [4.69, 9.17) is 4.74 Å². The molecule has 2 N–H and O–H groups in total. The number of hydrogen-bond donors (Lipinski definition) is 2. The molecule has 1 amide bonds. The lowest BCUT2D eigenvalue weighted by atomic mass is 9.96. The van der Waals surface area contributed by atoms with Gasteiger partial charge in [0, 0.05) is 16.6 Å². The van der Waals surface area contributed by atoms with E-state index >= 15 is 0 Å². The van der Waals surface area contributed by atoms with E-state index in [-0.39, 0.29) is 24.3 Å². The highest BCUT2D eigenvalue weighted by Gasteiger charge is 2.31. The van der Waals surface area contributed by atoms with Crippen molar-refractivity contribution in [3.63, 3.8) is 0 Å². The molecule has 1 aromatic rings. The van der Waals surface area contributed by atoms with Crippen molar-refractivity contribution in [2.75, 3.05) is 13.2 Å². The quantitative estimate of drug-likeness (QED) is 0.808. The van der Waals surface area contributed by atoms with Crippen molar-refractivity contribution in [1.29, 1.82) is 0 Å². The zero-order valence-electron chi connectivity index (χ0n) is 12.6. The van der Waals surface area contributed by atoms with Crippen LogP contribution in [0.3, 0.4) is 0 Å². The minimum atomic E-state index is -0.875. The number of amides is 1. The lowest BCUT2D eigenvalue weighted by Gasteiger charge is -2.17. The van der Waals surface area contributed by atoms with Gasteiger partial charge in [-0.15, -0.1) is 0 Å². The molecule has 0 spiro atoms. The summed E-state index contributed by atoms with van der Waals surface area (Å²) in [6.07, 6.45) is 0.541. The maximum atomic E-state index is 12.3. The van der Waals surface area contributed by atoms with Crippen LogP contribution in [-0.4, -0.2) is 30.1 Å². The van der Waals surface area contributed by atoms with Gasteiger partial charge in [0.25, 0.3) is 0 Å². The summed E-state index contributed by atoms with van der Waals surface area (Å²) in [6.45, 7) is 4.37. The Morgan fingerprint density at radius 3 is 2.82 bits per heavy atom. The molecule has 0 aromatic heterocycles. The fourth-order valence-corrected chi connectivity index (χ4v) is 2.97. The second-order valence-corrected chi connectivity index (χ2v) is 6.87. The number of nitrogens with one attached hydrogen (secondary N) is 1. The van der Waals surface area contributed by atoms with Crippen molar-refractivity contribution in [2.24, 2.45) is 11.8 Å². The van der Waals surface area contributed by atoms with Gasteiger partial charge in [-0.25, -0.2) is 0 Å². The Labute approximate surface area is 138 Å². The maximum Gasteiger partial charge on any atom is 0.308 e. The molecular weight excluding hydrogens is 350 g/mol. The molecule has 22 heavy (non-hydrogen) atoms. The molecule has 1 aliphatic rings. The van der Waals surface area contributed by atoms with Crippen LogP contribution in [0.1, 0.15) is 31.7 Å². The smallest absolute Gasteiger partial charge is 0.308 e. The predicted molar refractivity (Wildman–Crippen MR) is 86.0 cm³/mol. The van der Waals surface area contributed by atoms with E-state index in [1.807, 2.05) is 32.0 Å². The van der Waals surface area contributed by atoms with Gasteiger partial charge in [0.2, 0.25) is 5.91 Å². The minimum absolute atomic E-state index is 0.145. The highest BCUT2D eigenvalue weighted by molar-refractivity contribution is 9.10. The first-order chi connectivity index (χ1) is 10.4. The van der Waals surface area contributed by atoms with Gasteiger partial charge >= 0.3 is 5.97 Å². The van der Waals surface area contributed by atoms with Crippen molar-refractivity contribution in [1.82, 2.24) is 5.32 Å². The van der Waals surface area contributed by atoms with E-state index in [2.05, 4.69) is 21.2 Å². The van der Waals surface area contributed by atoms with E-state index in [1.54, 1.807) is 0 Å². The normalized spacial score (nSPS) is 17.7. The van der Waals surface area contributed by atoms with Crippen molar-refractivity contribution in [3.8, 4) is 5.75 Å². The fraction of sp³-hybridized carbons (Fsp3) is 0.500. The average molecular weight is 370 g/mol. The van der Waals surface area contributed by atoms with Gasteiger partial charge in [0.05, 0.1) is 5.92 Å². The lowest BCUT2D eigenvalue weighted by Crippen LogP contribution is -2.37. The molecule has 120 valence electrons. The van der Waals surface area contributed by atoms with Crippen LogP contribution in [0.15, 0.2) is 22.7 Å². The number of carboxylic acid groups (broad SMARTS) is 1. The number of carboxylic acids is 1. The third-order valence-corrected chi connectivity index (χ3v) is 4.19. The zero-order valence-corrected chi connectivity index (χ0v) is 14.2. The molecule has 2 atom stereocenters. The van der Waals surface area contributed by atoms with E-state index in [0.717, 1.165) is 10.0 Å². The molecule has 0 radical (unpaired) electrons. The van der Waals surface area contributed by atoms with Crippen LogP contribution in [0.25, 0.3) is 0 Å². The zero-order chi connectivity index (χ0) is 16.3. The number of rotatable bonds is 6. The first-order valence-corrected chi connectivity index (χ1v) is 8.10. The summed E-state index contributed by atoms with van der Waals surface area (Å²) in [5, 5.41) is 12.0. The fourth-order valence-electron chi connectivity index (χ4n) is 2.59. The molecule has 5 nitrogen and oxygen atoms in total. The number of ether oxygens (including phenoxy) is 1. The monoisotopic (exact) mass is 369 g/mol. The van der Waals surface area contributed by atoms with Crippen LogP contribution in [0, 0.1) is 11.8 Å². The minimum Gasteiger partial charge on any atom is -0.492 e. The third kappa shape index (κ3) is 4.00. The highest BCUT2D eigenvalue weighted by atomic mass is 79.9. The summed E-state index contributed by atoms with van der Waals surface area (Å²) in [6, 6.07) is 5.56. The van der Waals surface area contributed by atoms with Crippen molar-refractivity contribution < 1.29 is 19.4 Å². The first kappa shape index (κ1) is 16.8. The number of halogens is 1. The average Bonchev–Trinajstić information content (AvgIpc) is 2.85. The molecule has 0 saturated carbocycles. The molecule has 0 saturated heterocycles. The summed E-state index contributed by atoms with van der Waals surface area (Å²) in [5.74, 6) is -1.04. The molecule has 1 aliphatic heterocycles. The lowest BCUT2D eigenvalue weighted by molar-refractivity contribution is -0.142. The van der Waals surface area contributed by atoms with E-state index in [1.165, 1.54) is 0 Å². The number of aliphatic carboxylic acids is 1. The molecule has 0 fully saturated rings. The van der Waals surface area contributed by atoms with Crippen LogP contribution in [0.4, 0.5) is 0 Å². The molecule has 2 unspecified atom stereocenters. The third-order valence-electron chi connectivity index (χ3n) is 3.70.